The van der Waals surface area contributed by atoms with E-state index in [1.165, 1.54) is 17.2 Å². The summed E-state index contributed by atoms with van der Waals surface area (Å²) in [4.78, 5) is 12.1. The molecule has 0 aliphatic carbocycles. The van der Waals surface area contributed by atoms with Crippen LogP contribution in [0.25, 0.3) is 0 Å². The number of hydrogen-bond acceptors (Lipinski definition) is 4. The minimum Gasteiger partial charge on any atom is -0.454 e. The van der Waals surface area contributed by atoms with Crippen molar-refractivity contribution < 1.29 is 14.3 Å². The molecule has 0 bridgehead atoms. The smallest absolute Gasteiger partial charge is 0.231 e. The number of carbonyl (C=O) groups is 1. The van der Waals surface area contributed by atoms with Crippen LogP contribution in [0.1, 0.15) is 21.5 Å². The summed E-state index contributed by atoms with van der Waals surface area (Å²) in [5.41, 5.74) is 3.98. The van der Waals surface area contributed by atoms with Crippen LogP contribution in [0, 0.1) is 13.8 Å². The molecule has 0 fully saturated rings. The number of anilines is 1. The van der Waals surface area contributed by atoms with E-state index in [0.29, 0.717) is 17.1 Å². The van der Waals surface area contributed by atoms with E-state index in [-0.39, 0.29) is 12.6 Å². The summed E-state index contributed by atoms with van der Waals surface area (Å²) in [6.45, 7) is 4.33. The number of ether oxygens (including phenoxy) is 2. The molecule has 1 aliphatic heterocycles. The number of fused-ring (bicyclic) bond motifs is 1. The standard InChI is InChI=1S/C18H17NO3/c1-12-3-5-15(9-13(12)2)19-8-7-16(20)14-4-6-17-18(10-14)22-11-21-17/h3-10,19H,11H2,1-2H3. The van der Waals surface area contributed by atoms with Crippen LogP contribution in [0.4, 0.5) is 5.69 Å². The molecule has 1 N–H and O–H groups in total. The largest absolute Gasteiger partial charge is 0.454 e. The first kappa shape index (κ1) is 14.2. The van der Waals surface area contributed by atoms with Gasteiger partial charge in [0.05, 0.1) is 0 Å². The van der Waals surface area contributed by atoms with Gasteiger partial charge in [-0.05, 0) is 55.3 Å². The van der Waals surface area contributed by atoms with Crippen LogP contribution in [-0.4, -0.2) is 12.6 Å². The zero-order valence-corrected chi connectivity index (χ0v) is 12.6. The van der Waals surface area contributed by atoms with Gasteiger partial charge in [-0.15, -0.1) is 0 Å². The normalized spacial score (nSPS) is 12.6. The lowest BCUT2D eigenvalue weighted by Crippen LogP contribution is -1.97. The van der Waals surface area contributed by atoms with Crippen molar-refractivity contribution in [2.45, 2.75) is 13.8 Å². The van der Waals surface area contributed by atoms with Gasteiger partial charge in [0, 0.05) is 23.5 Å². The summed E-state index contributed by atoms with van der Waals surface area (Å²) in [6, 6.07) is 11.3. The van der Waals surface area contributed by atoms with E-state index in [2.05, 4.69) is 19.2 Å². The maximum Gasteiger partial charge on any atom is 0.231 e. The van der Waals surface area contributed by atoms with Crippen molar-refractivity contribution >= 4 is 11.5 Å². The Morgan fingerprint density at radius 3 is 2.68 bits per heavy atom. The van der Waals surface area contributed by atoms with E-state index in [1.807, 2.05) is 18.2 Å². The lowest BCUT2D eigenvalue weighted by molar-refractivity contribution is 0.104. The molecule has 22 heavy (non-hydrogen) atoms. The number of hydrogen-bond donors (Lipinski definition) is 1. The van der Waals surface area contributed by atoms with Crippen LogP contribution in [0.5, 0.6) is 11.5 Å². The van der Waals surface area contributed by atoms with Crippen molar-refractivity contribution in [2.24, 2.45) is 0 Å². The van der Waals surface area contributed by atoms with Gasteiger partial charge in [0.15, 0.2) is 17.3 Å². The van der Waals surface area contributed by atoms with Crippen molar-refractivity contribution in [2.75, 3.05) is 12.1 Å². The van der Waals surface area contributed by atoms with Crippen molar-refractivity contribution in [3.63, 3.8) is 0 Å². The Kier molecular flexibility index (Phi) is 3.83. The highest BCUT2D eigenvalue weighted by Crippen LogP contribution is 2.32. The molecule has 3 rings (SSSR count). The quantitative estimate of drug-likeness (QED) is 0.687. The Morgan fingerprint density at radius 1 is 1.05 bits per heavy atom. The molecule has 2 aromatic rings. The van der Waals surface area contributed by atoms with Gasteiger partial charge in [0.25, 0.3) is 0 Å². The molecule has 2 aromatic carbocycles. The summed E-state index contributed by atoms with van der Waals surface area (Å²) in [6.07, 6.45) is 3.16. The van der Waals surface area contributed by atoms with E-state index in [1.54, 1.807) is 24.4 Å². The Labute approximate surface area is 129 Å². The molecule has 1 aliphatic rings. The third-order valence-corrected chi connectivity index (χ3v) is 3.65. The van der Waals surface area contributed by atoms with Crippen LogP contribution in [-0.2, 0) is 0 Å². The first-order valence-electron chi connectivity index (χ1n) is 7.08. The third kappa shape index (κ3) is 2.96. The fraction of sp³-hybridized carbons (Fsp3) is 0.167. The molecular formula is C18H17NO3. The average molecular weight is 295 g/mol. The maximum absolute atomic E-state index is 12.1. The lowest BCUT2D eigenvalue weighted by atomic mass is 10.1. The fourth-order valence-corrected chi connectivity index (χ4v) is 2.19. The second-order valence-corrected chi connectivity index (χ2v) is 5.21. The Balaban J connectivity index is 1.67. The van der Waals surface area contributed by atoms with Gasteiger partial charge in [-0.2, -0.15) is 0 Å². The van der Waals surface area contributed by atoms with Crippen molar-refractivity contribution in [1.82, 2.24) is 0 Å². The van der Waals surface area contributed by atoms with Crippen LogP contribution in [0.3, 0.4) is 0 Å². The van der Waals surface area contributed by atoms with Crippen LogP contribution < -0.4 is 14.8 Å². The Morgan fingerprint density at radius 2 is 1.86 bits per heavy atom. The molecule has 0 amide bonds. The van der Waals surface area contributed by atoms with Crippen molar-refractivity contribution in [1.29, 1.82) is 0 Å². The van der Waals surface area contributed by atoms with E-state index < -0.39 is 0 Å². The number of rotatable bonds is 4. The SMILES string of the molecule is Cc1ccc(NC=CC(=O)c2ccc3c(c2)OCO3)cc1C. The Bertz CT molecular complexity index is 750. The van der Waals surface area contributed by atoms with Crippen LogP contribution in [0.2, 0.25) is 0 Å². The van der Waals surface area contributed by atoms with E-state index in [4.69, 9.17) is 9.47 Å². The predicted molar refractivity (Wildman–Crippen MR) is 85.6 cm³/mol. The number of allylic oxidation sites excluding steroid dienone is 1. The molecule has 4 heteroatoms. The van der Waals surface area contributed by atoms with Gasteiger partial charge in [-0.3, -0.25) is 4.79 Å². The third-order valence-electron chi connectivity index (χ3n) is 3.65. The topological polar surface area (TPSA) is 47.6 Å². The molecule has 0 saturated carbocycles. The molecular weight excluding hydrogens is 278 g/mol. The maximum atomic E-state index is 12.1. The van der Waals surface area contributed by atoms with Gasteiger partial charge < -0.3 is 14.8 Å². The minimum absolute atomic E-state index is 0.0883. The molecule has 112 valence electrons. The molecule has 0 aromatic heterocycles. The highest BCUT2D eigenvalue weighted by atomic mass is 16.7. The summed E-state index contributed by atoms with van der Waals surface area (Å²) in [5.74, 6) is 1.20. The summed E-state index contributed by atoms with van der Waals surface area (Å²) >= 11 is 0. The highest BCUT2D eigenvalue weighted by molar-refractivity contribution is 6.05. The fourth-order valence-electron chi connectivity index (χ4n) is 2.19. The predicted octanol–water partition coefficient (Wildman–Crippen LogP) is 3.84. The zero-order chi connectivity index (χ0) is 15.5. The highest BCUT2D eigenvalue weighted by Gasteiger charge is 2.14. The summed E-state index contributed by atoms with van der Waals surface area (Å²) in [7, 11) is 0. The second-order valence-electron chi connectivity index (χ2n) is 5.21. The first-order valence-corrected chi connectivity index (χ1v) is 7.08. The van der Waals surface area contributed by atoms with Crippen LogP contribution in [0.15, 0.2) is 48.7 Å². The molecule has 1 heterocycles. The molecule has 0 unspecified atom stereocenters. The van der Waals surface area contributed by atoms with Gasteiger partial charge in [-0.25, -0.2) is 0 Å². The zero-order valence-electron chi connectivity index (χ0n) is 12.6. The molecule has 0 spiro atoms. The van der Waals surface area contributed by atoms with Crippen LogP contribution >= 0.6 is 0 Å². The molecule has 0 radical (unpaired) electrons. The number of aryl methyl sites for hydroxylation is 2. The van der Waals surface area contributed by atoms with Crippen molar-refractivity contribution in [3.8, 4) is 11.5 Å². The molecule has 0 saturated heterocycles. The van der Waals surface area contributed by atoms with Gasteiger partial charge in [0.2, 0.25) is 6.79 Å². The second kappa shape index (κ2) is 5.93. The number of nitrogens with one attached hydrogen (secondary N) is 1. The average Bonchev–Trinajstić information content (AvgIpc) is 2.98. The van der Waals surface area contributed by atoms with Gasteiger partial charge in [0.1, 0.15) is 0 Å². The van der Waals surface area contributed by atoms with Gasteiger partial charge >= 0.3 is 0 Å². The van der Waals surface area contributed by atoms with E-state index in [0.717, 1.165) is 5.69 Å². The minimum atomic E-state index is -0.0883. The molecule has 0 atom stereocenters. The number of carbonyl (C=O) groups excluding carboxylic acids is 1. The first-order chi connectivity index (χ1) is 10.6. The number of ketones is 1. The molecule has 4 nitrogen and oxygen atoms in total. The summed E-state index contributed by atoms with van der Waals surface area (Å²) in [5, 5.41) is 3.11. The number of benzene rings is 2. The Hall–Kier alpha value is -2.75. The summed E-state index contributed by atoms with van der Waals surface area (Å²) < 4.78 is 10.5. The van der Waals surface area contributed by atoms with E-state index >= 15 is 0 Å². The monoisotopic (exact) mass is 295 g/mol. The van der Waals surface area contributed by atoms with Gasteiger partial charge in [-0.1, -0.05) is 6.07 Å². The van der Waals surface area contributed by atoms with E-state index in [9.17, 15) is 4.79 Å². The van der Waals surface area contributed by atoms with Crippen molar-refractivity contribution in [3.05, 3.63) is 65.4 Å². The lowest BCUT2D eigenvalue weighted by Gasteiger charge is -2.04.